The molecule has 0 bridgehead atoms. The molecule has 0 saturated carbocycles. The van der Waals surface area contributed by atoms with Gasteiger partial charge in [0.2, 0.25) is 5.91 Å². The van der Waals surface area contributed by atoms with E-state index in [0.29, 0.717) is 0 Å². The number of nitrogens with one attached hydrogen (secondary N) is 1. The van der Waals surface area contributed by atoms with Crippen LogP contribution in [0.1, 0.15) is 6.92 Å². The second-order valence-electron chi connectivity index (χ2n) is 2.14. The van der Waals surface area contributed by atoms with Crippen LogP contribution in [-0.2, 0) is 4.79 Å². The molecule has 0 radical (unpaired) electrons. The normalized spacial score (nSPS) is 10.6. The predicted molar refractivity (Wildman–Crippen MR) is 36.5 cm³/mol. The molecule has 0 aromatic carbocycles. The number of carbonyl (C=O) groups excluding carboxylic acids is 1. The summed E-state index contributed by atoms with van der Waals surface area (Å²) in [6.45, 7) is -0.331. The van der Waals surface area contributed by atoms with Gasteiger partial charge >= 0.3 is 5.92 Å². The lowest BCUT2D eigenvalue weighted by Crippen LogP contribution is -2.50. The summed E-state index contributed by atoms with van der Waals surface area (Å²) in [5.41, 5.74) is 0. The Morgan fingerprint density at radius 1 is 1.46 bits per heavy atom. The number of nitro groups is 2. The van der Waals surface area contributed by atoms with Gasteiger partial charge in [-0.3, -0.25) is 25.0 Å². The molecule has 9 heteroatoms. The summed E-state index contributed by atoms with van der Waals surface area (Å²) < 4.78 is 12.8. The summed E-state index contributed by atoms with van der Waals surface area (Å²) >= 11 is 0. The number of halogens is 1. The number of rotatable bonds is 4. The monoisotopic (exact) mass is 195 g/mol. The fourth-order valence-electron chi connectivity index (χ4n) is 0.433. The maximum atomic E-state index is 12.8. The molecule has 0 unspecified atom stereocenters. The van der Waals surface area contributed by atoms with Crippen molar-refractivity contribution in [3.05, 3.63) is 20.2 Å². The summed E-state index contributed by atoms with van der Waals surface area (Å²) in [4.78, 5) is 26.6. The Morgan fingerprint density at radius 3 is 2.08 bits per heavy atom. The van der Waals surface area contributed by atoms with E-state index in [1.807, 2.05) is 0 Å². The molecule has 0 aromatic rings. The second-order valence-corrected chi connectivity index (χ2v) is 2.14. The number of hydrogen-bond acceptors (Lipinski definition) is 5. The zero-order valence-corrected chi connectivity index (χ0v) is 6.52. The third kappa shape index (κ3) is 2.61. The third-order valence-electron chi connectivity index (χ3n) is 1.12. The van der Waals surface area contributed by atoms with Crippen molar-refractivity contribution in [2.45, 2.75) is 12.8 Å². The lowest BCUT2D eigenvalue weighted by atomic mass is 10.4. The summed E-state index contributed by atoms with van der Waals surface area (Å²) in [5.74, 6) is -4.64. The van der Waals surface area contributed by atoms with Crippen molar-refractivity contribution < 1.29 is 19.0 Å². The van der Waals surface area contributed by atoms with Crippen LogP contribution in [-0.4, -0.2) is 28.2 Å². The number of amides is 1. The first-order chi connectivity index (χ1) is 5.80. The van der Waals surface area contributed by atoms with Crippen molar-refractivity contribution in [3.63, 3.8) is 0 Å². The minimum absolute atomic E-state index is 0.786. The average Bonchev–Trinajstić information content (AvgIpc) is 1.99. The van der Waals surface area contributed by atoms with E-state index in [9.17, 15) is 29.4 Å². The molecule has 74 valence electrons. The molecular weight excluding hydrogens is 189 g/mol. The van der Waals surface area contributed by atoms with Gasteiger partial charge in [0.05, 0.1) is 0 Å². The van der Waals surface area contributed by atoms with E-state index in [4.69, 9.17) is 0 Å². The first-order valence-corrected chi connectivity index (χ1v) is 3.03. The van der Waals surface area contributed by atoms with Crippen LogP contribution in [0.15, 0.2) is 0 Å². The van der Waals surface area contributed by atoms with Crippen LogP contribution in [0, 0.1) is 20.2 Å². The number of alkyl halides is 1. The molecule has 0 rings (SSSR count). The highest BCUT2D eigenvalue weighted by molar-refractivity contribution is 5.72. The van der Waals surface area contributed by atoms with Crippen LogP contribution < -0.4 is 5.32 Å². The van der Waals surface area contributed by atoms with Gasteiger partial charge in [0.25, 0.3) is 0 Å². The molecule has 0 spiro atoms. The minimum atomic E-state index is -3.86. The Balaban J connectivity index is 4.52. The summed E-state index contributed by atoms with van der Waals surface area (Å²) in [6.07, 6.45) is 0. The molecular formula is C4H6FN3O5. The van der Waals surface area contributed by atoms with Gasteiger partial charge in [0, 0.05) is 6.92 Å². The quantitative estimate of drug-likeness (QED) is 0.275. The molecule has 1 N–H and O–H groups in total. The topological polar surface area (TPSA) is 115 Å². The van der Waals surface area contributed by atoms with Crippen LogP contribution in [0.4, 0.5) is 4.39 Å². The largest absolute Gasteiger partial charge is 0.631 e. The van der Waals surface area contributed by atoms with Crippen LogP contribution in [0.2, 0.25) is 0 Å². The lowest BCUT2D eigenvalue weighted by molar-refractivity contribution is -0.828. The first-order valence-electron chi connectivity index (χ1n) is 3.03. The van der Waals surface area contributed by atoms with E-state index in [2.05, 4.69) is 0 Å². The van der Waals surface area contributed by atoms with Crippen LogP contribution in [0.5, 0.6) is 0 Å². The van der Waals surface area contributed by atoms with Crippen molar-refractivity contribution in [3.8, 4) is 0 Å². The van der Waals surface area contributed by atoms with Crippen LogP contribution in [0.25, 0.3) is 0 Å². The van der Waals surface area contributed by atoms with E-state index < -0.39 is 28.2 Å². The van der Waals surface area contributed by atoms with Crippen LogP contribution >= 0.6 is 0 Å². The van der Waals surface area contributed by atoms with Gasteiger partial charge in [-0.25, -0.2) is 0 Å². The Labute approximate surface area is 71.0 Å². The molecule has 0 aliphatic carbocycles. The average molecular weight is 195 g/mol. The molecule has 0 aromatic heterocycles. The van der Waals surface area contributed by atoms with Gasteiger partial charge in [-0.05, 0) is 0 Å². The van der Waals surface area contributed by atoms with E-state index in [1.54, 1.807) is 5.32 Å². The van der Waals surface area contributed by atoms with Crippen molar-refractivity contribution in [1.29, 1.82) is 0 Å². The Bertz CT molecular complexity index is 240. The lowest BCUT2D eigenvalue weighted by Gasteiger charge is -2.07. The third-order valence-corrected chi connectivity index (χ3v) is 1.12. The van der Waals surface area contributed by atoms with Gasteiger partial charge in [-0.2, -0.15) is 0 Å². The van der Waals surface area contributed by atoms with Crippen LogP contribution in [0.3, 0.4) is 0 Å². The standard InChI is InChI=1S/C4H6FN3O5/c1-3(9)6-2-4(5,7(10)11)8(12)13/h2H2,1H3,(H,6,9). The Kier molecular flexibility index (Phi) is 3.22. The molecule has 0 aliphatic rings. The maximum absolute atomic E-state index is 12.8. The first kappa shape index (κ1) is 11.2. The van der Waals surface area contributed by atoms with Crippen molar-refractivity contribution >= 4 is 5.91 Å². The number of nitrogens with zero attached hydrogens (tertiary/aromatic N) is 2. The summed E-state index contributed by atoms with van der Waals surface area (Å²) in [7, 11) is 0. The smallest absolute Gasteiger partial charge is 0.340 e. The molecule has 0 heterocycles. The zero-order valence-electron chi connectivity index (χ0n) is 6.52. The molecule has 0 fully saturated rings. The maximum Gasteiger partial charge on any atom is 0.631 e. The Morgan fingerprint density at radius 2 is 1.85 bits per heavy atom. The van der Waals surface area contributed by atoms with Gasteiger partial charge in [0.1, 0.15) is 9.85 Å². The molecule has 1 amide bonds. The molecule has 0 aliphatic heterocycles. The van der Waals surface area contributed by atoms with Crippen molar-refractivity contribution in [2.75, 3.05) is 6.54 Å². The van der Waals surface area contributed by atoms with Crippen molar-refractivity contribution in [2.24, 2.45) is 0 Å². The zero-order chi connectivity index (χ0) is 10.6. The van der Waals surface area contributed by atoms with E-state index >= 15 is 0 Å². The fourth-order valence-corrected chi connectivity index (χ4v) is 0.433. The van der Waals surface area contributed by atoms with E-state index in [-0.39, 0.29) is 0 Å². The number of carbonyl (C=O) groups is 1. The summed E-state index contributed by atoms with van der Waals surface area (Å²) in [5, 5.41) is 21.5. The number of hydrogen-bond donors (Lipinski definition) is 1. The summed E-state index contributed by atoms with van der Waals surface area (Å²) in [6, 6.07) is 0. The van der Waals surface area contributed by atoms with E-state index in [0.717, 1.165) is 6.92 Å². The highest BCUT2D eigenvalue weighted by Crippen LogP contribution is 2.10. The van der Waals surface area contributed by atoms with Gasteiger partial charge in [-0.1, -0.05) is 4.39 Å². The molecule has 0 saturated heterocycles. The van der Waals surface area contributed by atoms with Gasteiger partial charge in [-0.15, -0.1) is 0 Å². The highest BCUT2D eigenvalue weighted by atomic mass is 19.2. The van der Waals surface area contributed by atoms with E-state index in [1.165, 1.54) is 0 Å². The van der Waals surface area contributed by atoms with Crippen molar-refractivity contribution in [1.82, 2.24) is 5.32 Å². The fraction of sp³-hybridized carbons (Fsp3) is 0.750. The second kappa shape index (κ2) is 3.74. The van der Waals surface area contributed by atoms with Gasteiger partial charge < -0.3 is 5.32 Å². The predicted octanol–water partition coefficient (Wildman–Crippen LogP) is -0.701. The molecule has 8 nitrogen and oxygen atoms in total. The van der Waals surface area contributed by atoms with Gasteiger partial charge in [0.15, 0.2) is 6.54 Å². The SMILES string of the molecule is CC(=O)NCC(F)([N+](=O)[O-])[N+](=O)[O-]. The highest BCUT2D eigenvalue weighted by Gasteiger charge is 2.57. The Hall–Kier alpha value is -1.80. The molecule has 0 atom stereocenters. The minimum Gasteiger partial charge on any atom is -0.340 e. The molecule has 13 heavy (non-hydrogen) atoms.